The number of fused-ring (bicyclic) bond motifs is 1. The van der Waals surface area contributed by atoms with E-state index >= 15 is 0 Å². The van der Waals surface area contributed by atoms with Crippen molar-refractivity contribution in [3.8, 4) is 5.69 Å². The Morgan fingerprint density at radius 3 is 2.50 bits per heavy atom. The Hall–Kier alpha value is -2.60. The molecule has 0 fully saturated rings. The fourth-order valence-electron chi connectivity index (χ4n) is 2.76. The maximum Gasteiger partial charge on any atom is 0.266 e. The number of carbonyl (C=O) groups excluding carboxylic acids is 1. The van der Waals surface area contributed by atoms with Crippen LogP contribution in [0.3, 0.4) is 0 Å². The third kappa shape index (κ3) is 4.44. The number of amides is 1. The van der Waals surface area contributed by atoms with Crippen LogP contribution in [0.2, 0.25) is 0 Å². The van der Waals surface area contributed by atoms with Gasteiger partial charge in [-0.1, -0.05) is 48.5 Å². The second-order valence-electron chi connectivity index (χ2n) is 7.46. The fourth-order valence-corrected chi connectivity index (χ4v) is 3.58. The van der Waals surface area contributed by atoms with E-state index in [2.05, 4.69) is 10.3 Å². The van der Waals surface area contributed by atoms with E-state index in [9.17, 15) is 9.59 Å². The molecule has 0 aliphatic rings. The average molecular weight is 396 g/mol. The molecule has 0 aliphatic carbocycles. The van der Waals surface area contributed by atoms with Crippen LogP contribution in [0.1, 0.15) is 32.8 Å². The fraction of sp³-hybridized carbons (Fsp3) is 0.318. The molecule has 0 radical (unpaired) electrons. The zero-order valence-corrected chi connectivity index (χ0v) is 17.5. The summed E-state index contributed by atoms with van der Waals surface area (Å²) in [5, 5.41) is 4.09. The monoisotopic (exact) mass is 395 g/mol. The first-order chi connectivity index (χ1) is 13.3. The molecule has 1 heterocycles. The molecule has 0 saturated carbocycles. The van der Waals surface area contributed by atoms with Gasteiger partial charge in [-0.15, -0.1) is 0 Å². The quantitative estimate of drug-likeness (QED) is 0.504. The molecule has 0 atom stereocenters. The summed E-state index contributed by atoms with van der Waals surface area (Å²) in [4.78, 5) is 30.2. The SMILES string of the molecule is CCC(C)(C)NC(=O)CSc1nc2ccccc2c(=O)n1-c1ccc(C)cc1. The van der Waals surface area contributed by atoms with Crippen LogP contribution in [0.5, 0.6) is 0 Å². The van der Waals surface area contributed by atoms with Crippen molar-refractivity contribution in [3.05, 3.63) is 64.4 Å². The van der Waals surface area contributed by atoms with Crippen molar-refractivity contribution in [1.29, 1.82) is 0 Å². The van der Waals surface area contributed by atoms with E-state index in [1.54, 1.807) is 10.6 Å². The number of hydrogen-bond donors (Lipinski definition) is 1. The molecular formula is C22H25N3O2S. The predicted molar refractivity (Wildman–Crippen MR) is 115 cm³/mol. The van der Waals surface area contributed by atoms with Crippen LogP contribution in [0, 0.1) is 6.92 Å². The van der Waals surface area contributed by atoms with Gasteiger partial charge in [0, 0.05) is 5.54 Å². The van der Waals surface area contributed by atoms with Crippen LogP contribution in [0.25, 0.3) is 16.6 Å². The van der Waals surface area contributed by atoms with E-state index in [-0.39, 0.29) is 22.8 Å². The lowest BCUT2D eigenvalue weighted by Gasteiger charge is -2.24. The minimum Gasteiger partial charge on any atom is -0.351 e. The van der Waals surface area contributed by atoms with Gasteiger partial charge in [0.05, 0.1) is 22.3 Å². The van der Waals surface area contributed by atoms with Gasteiger partial charge in [-0.2, -0.15) is 0 Å². The highest BCUT2D eigenvalue weighted by Gasteiger charge is 2.19. The second kappa shape index (κ2) is 8.19. The van der Waals surface area contributed by atoms with Crippen LogP contribution in [-0.2, 0) is 4.79 Å². The normalized spacial score (nSPS) is 11.6. The third-order valence-electron chi connectivity index (χ3n) is 4.73. The summed E-state index contributed by atoms with van der Waals surface area (Å²) < 4.78 is 1.59. The summed E-state index contributed by atoms with van der Waals surface area (Å²) in [6.07, 6.45) is 0.839. The first-order valence-corrected chi connectivity index (χ1v) is 10.3. The molecule has 0 spiro atoms. The Kier molecular flexibility index (Phi) is 5.89. The number of hydrogen-bond acceptors (Lipinski definition) is 4. The van der Waals surface area contributed by atoms with Gasteiger partial charge in [0.1, 0.15) is 0 Å². The summed E-state index contributed by atoms with van der Waals surface area (Å²) >= 11 is 1.27. The highest BCUT2D eigenvalue weighted by Crippen LogP contribution is 2.22. The van der Waals surface area contributed by atoms with E-state index < -0.39 is 0 Å². The number of rotatable bonds is 6. The lowest BCUT2D eigenvalue weighted by molar-refractivity contribution is -0.120. The van der Waals surface area contributed by atoms with Crippen LogP contribution < -0.4 is 10.9 Å². The van der Waals surface area contributed by atoms with Crippen molar-refractivity contribution in [2.45, 2.75) is 44.8 Å². The topological polar surface area (TPSA) is 64.0 Å². The van der Waals surface area contributed by atoms with Gasteiger partial charge in [0.25, 0.3) is 5.56 Å². The van der Waals surface area contributed by atoms with Gasteiger partial charge in [0.15, 0.2) is 5.16 Å². The number of para-hydroxylation sites is 1. The largest absolute Gasteiger partial charge is 0.351 e. The van der Waals surface area contributed by atoms with Gasteiger partial charge in [-0.3, -0.25) is 14.2 Å². The lowest BCUT2D eigenvalue weighted by atomic mass is 10.0. The Morgan fingerprint density at radius 1 is 1.14 bits per heavy atom. The van der Waals surface area contributed by atoms with Gasteiger partial charge < -0.3 is 5.32 Å². The number of carbonyl (C=O) groups is 1. The molecule has 1 aromatic heterocycles. The van der Waals surface area contributed by atoms with Gasteiger partial charge in [0.2, 0.25) is 5.91 Å². The van der Waals surface area contributed by atoms with E-state index in [0.29, 0.717) is 16.1 Å². The van der Waals surface area contributed by atoms with Crippen molar-refractivity contribution < 1.29 is 4.79 Å². The van der Waals surface area contributed by atoms with Crippen LogP contribution >= 0.6 is 11.8 Å². The first kappa shape index (κ1) is 20.1. The number of aryl methyl sites for hydroxylation is 1. The minimum atomic E-state index is -0.259. The van der Waals surface area contributed by atoms with Crippen LogP contribution in [-0.4, -0.2) is 26.8 Å². The lowest BCUT2D eigenvalue weighted by Crippen LogP contribution is -2.43. The molecule has 1 N–H and O–H groups in total. The molecular weight excluding hydrogens is 370 g/mol. The molecule has 2 aromatic carbocycles. The predicted octanol–water partition coefficient (Wildman–Crippen LogP) is 4.09. The molecule has 6 heteroatoms. The Morgan fingerprint density at radius 2 is 1.82 bits per heavy atom. The molecule has 146 valence electrons. The maximum absolute atomic E-state index is 13.2. The molecule has 0 saturated heterocycles. The summed E-state index contributed by atoms with van der Waals surface area (Å²) in [7, 11) is 0. The number of nitrogens with zero attached hydrogens (tertiary/aromatic N) is 2. The molecule has 3 aromatic rings. The van der Waals surface area contributed by atoms with E-state index in [0.717, 1.165) is 17.7 Å². The zero-order chi connectivity index (χ0) is 20.3. The maximum atomic E-state index is 13.2. The van der Waals surface area contributed by atoms with Crippen LogP contribution in [0.4, 0.5) is 0 Å². The average Bonchev–Trinajstić information content (AvgIpc) is 2.67. The van der Waals surface area contributed by atoms with Gasteiger partial charge in [-0.25, -0.2) is 4.98 Å². The molecule has 3 rings (SSSR count). The summed E-state index contributed by atoms with van der Waals surface area (Å²) in [6.45, 7) is 8.02. The second-order valence-corrected chi connectivity index (χ2v) is 8.40. The first-order valence-electron chi connectivity index (χ1n) is 9.33. The van der Waals surface area contributed by atoms with Gasteiger partial charge >= 0.3 is 0 Å². The number of thioether (sulfide) groups is 1. The number of nitrogens with one attached hydrogen (secondary N) is 1. The molecule has 5 nitrogen and oxygen atoms in total. The molecule has 28 heavy (non-hydrogen) atoms. The Labute approximate surface area is 169 Å². The zero-order valence-electron chi connectivity index (χ0n) is 16.7. The smallest absolute Gasteiger partial charge is 0.266 e. The Bertz CT molecular complexity index is 1060. The van der Waals surface area contributed by atoms with Crippen molar-refractivity contribution in [2.75, 3.05) is 5.75 Å². The molecule has 0 bridgehead atoms. The van der Waals surface area contributed by atoms with Crippen molar-refractivity contribution in [2.24, 2.45) is 0 Å². The summed E-state index contributed by atoms with van der Waals surface area (Å²) in [5.41, 5.74) is 2.09. The van der Waals surface area contributed by atoms with Gasteiger partial charge in [-0.05, 0) is 51.5 Å². The van der Waals surface area contributed by atoms with E-state index in [4.69, 9.17) is 0 Å². The van der Waals surface area contributed by atoms with E-state index in [1.165, 1.54) is 11.8 Å². The molecule has 1 amide bonds. The van der Waals surface area contributed by atoms with Crippen LogP contribution in [0.15, 0.2) is 58.5 Å². The number of benzene rings is 2. The Balaban J connectivity index is 2.00. The number of aromatic nitrogens is 2. The minimum absolute atomic E-state index is 0.0743. The highest BCUT2D eigenvalue weighted by molar-refractivity contribution is 7.99. The third-order valence-corrected chi connectivity index (χ3v) is 5.67. The molecule has 0 aliphatic heterocycles. The van der Waals surface area contributed by atoms with E-state index in [1.807, 2.05) is 70.2 Å². The highest BCUT2D eigenvalue weighted by atomic mass is 32.2. The summed E-state index contributed by atoms with van der Waals surface area (Å²) in [5.74, 6) is 0.120. The van der Waals surface area contributed by atoms with Crippen molar-refractivity contribution >= 4 is 28.6 Å². The standard InChI is InChI=1S/C22H25N3O2S/c1-5-22(3,4)24-19(26)14-28-21-23-18-9-7-6-8-17(18)20(27)25(21)16-12-10-15(2)11-13-16/h6-13H,5,14H2,1-4H3,(H,24,26). The van der Waals surface area contributed by atoms with Crippen molar-refractivity contribution in [1.82, 2.24) is 14.9 Å². The van der Waals surface area contributed by atoms with Crippen molar-refractivity contribution in [3.63, 3.8) is 0 Å². The molecule has 0 unspecified atom stereocenters. The summed E-state index contributed by atoms with van der Waals surface area (Å²) in [6, 6.07) is 15.0.